The number of rotatable bonds is 11. The third-order valence-corrected chi connectivity index (χ3v) is 5.47. The zero-order chi connectivity index (χ0) is 23.0. The molecule has 11 heteroatoms. The summed E-state index contributed by atoms with van der Waals surface area (Å²) < 4.78 is 24.0. The van der Waals surface area contributed by atoms with Crippen molar-refractivity contribution in [1.82, 2.24) is 15.5 Å². The second-order valence-electron chi connectivity index (χ2n) is 5.85. The second kappa shape index (κ2) is 15.0. The first-order chi connectivity index (χ1) is 14.1. The first kappa shape index (κ1) is 27.1. The molecule has 0 aromatic heterocycles. The van der Waals surface area contributed by atoms with Crippen LogP contribution >= 0.6 is 0 Å². The Kier molecular flexibility index (Phi) is 13.5. The predicted molar refractivity (Wildman–Crippen MR) is 112 cm³/mol. The molecule has 0 bridgehead atoms. The highest BCUT2D eigenvalue weighted by Gasteiger charge is 2.13. The van der Waals surface area contributed by atoms with Crippen LogP contribution < -0.4 is 10.6 Å². The number of sulfone groups is 1. The smallest absolute Gasteiger partial charge is 0.328 e. The van der Waals surface area contributed by atoms with E-state index in [0.717, 1.165) is 19.6 Å². The van der Waals surface area contributed by atoms with Crippen LogP contribution in [0.4, 0.5) is 4.79 Å². The minimum Gasteiger partial charge on any atom is -0.478 e. The number of carboxylic acid groups (broad SMARTS) is 2. The van der Waals surface area contributed by atoms with Gasteiger partial charge in [0.2, 0.25) is 0 Å². The van der Waals surface area contributed by atoms with E-state index in [2.05, 4.69) is 29.4 Å². The lowest BCUT2D eigenvalue weighted by atomic mass is 10.4. The summed E-state index contributed by atoms with van der Waals surface area (Å²) in [5.74, 6) is -2.62. The van der Waals surface area contributed by atoms with Crippen molar-refractivity contribution in [3.8, 4) is 0 Å². The van der Waals surface area contributed by atoms with Crippen LogP contribution in [-0.4, -0.2) is 80.0 Å². The number of nitrogens with zero attached hydrogens (tertiary/aromatic N) is 1. The topological polar surface area (TPSA) is 153 Å². The molecular formula is C19H29N3O7S. The van der Waals surface area contributed by atoms with Crippen molar-refractivity contribution in [2.24, 2.45) is 0 Å². The molecule has 0 saturated heterocycles. The average Bonchev–Trinajstić information content (AvgIpc) is 2.71. The van der Waals surface area contributed by atoms with Crippen molar-refractivity contribution in [2.75, 3.05) is 38.5 Å². The van der Waals surface area contributed by atoms with Crippen LogP contribution in [0, 0.1) is 0 Å². The molecule has 2 amide bonds. The Bertz CT molecular complexity index is 776. The van der Waals surface area contributed by atoms with Gasteiger partial charge in [-0.05, 0) is 25.2 Å². The normalized spacial score (nSPS) is 10.9. The zero-order valence-electron chi connectivity index (χ0n) is 17.1. The maximum atomic E-state index is 12.0. The summed E-state index contributed by atoms with van der Waals surface area (Å²) in [7, 11) is -3.35. The fourth-order valence-corrected chi connectivity index (χ4v) is 3.30. The molecule has 0 unspecified atom stereocenters. The van der Waals surface area contributed by atoms with E-state index in [0.29, 0.717) is 18.7 Å². The van der Waals surface area contributed by atoms with Crippen LogP contribution in [0.25, 0.3) is 0 Å². The number of hydrogen-bond acceptors (Lipinski definition) is 6. The number of urea groups is 1. The SMILES string of the molecule is CCN(CC)CCNC(=O)NCCS(=O)(=O)c1ccccc1.O=C(O)/C=C\C(=O)O. The molecule has 1 aromatic rings. The lowest BCUT2D eigenvalue weighted by Gasteiger charge is -2.18. The molecule has 0 fully saturated rings. The van der Waals surface area contributed by atoms with Gasteiger partial charge in [0.25, 0.3) is 0 Å². The summed E-state index contributed by atoms with van der Waals surface area (Å²) in [6.07, 6.45) is 1.12. The van der Waals surface area contributed by atoms with Crippen molar-refractivity contribution >= 4 is 27.8 Å². The van der Waals surface area contributed by atoms with Crippen molar-refractivity contribution < 1.29 is 33.0 Å². The first-order valence-electron chi connectivity index (χ1n) is 9.28. The number of hydrogen-bond donors (Lipinski definition) is 4. The number of amides is 2. The molecule has 0 aliphatic rings. The van der Waals surface area contributed by atoms with Crippen LogP contribution in [0.3, 0.4) is 0 Å². The van der Waals surface area contributed by atoms with Gasteiger partial charge in [-0.15, -0.1) is 0 Å². The van der Waals surface area contributed by atoms with Crippen molar-refractivity contribution in [1.29, 1.82) is 0 Å². The highest BCUT2D eigenvalue weighted by molar-refractivity contribution is 7.91. The van der Waals surface area contributed by atoms with Gasteiger partial charge in [-0.3, -0.25) is 0 Å². The highest BCUT2D eigenvalue weighted by Crippen LogP contribution is 2.09. The van der Waals surface area contributed by atoms with Gasteiger partial charge in [0.1, 0.15) is 0 Å². The number of aliphatic carboxylic acids is 2. The second-order valence-corrected chi connectivity index (χ2v) is 7.96. The molecule has 4 N–H and O–H groups in total. The molecule has 10 nitrogen and oxygen atoms in total. The summed E-state index contributed by atoms with van der Waals surface area (Å²) in [5.41, 5.74) is 0. The number of carbonyl (C=O) groups excluding carboxylic acids is 1. The summed E-state index contributed by atoms with van der Waals surface area (Å²) in [5, 5.41) is 20.9. The first-order valence-corrected chi connectivity index (χ1v) is 10.9. The van der Waals surface area contributed by atoms with Gasteiger partial charge in [-0.25, -0.2) is 22.8 Å². The van der Waals surface area contributed by atoms with Gasteiger partial charge in [-0.2, -0.15) is 0 Å². The molecule has 0 saturated carbocycles. The van der Waals surface area contributed by atoms with Crippen molar-refractivity contribution in [2.45, 2.75) is 18.7 Å². The summed E-state index contributed by atoms with van der Waals surface area (Å²) in [4.78, 5) is 33.2. The largest absolute Gasteiger partial charge is 0.478 e. The molecule has 0 spiro atoms. The Morgan fingerprint density at radius 3 is 1.90 bits per heavy atom. The van der Waals surface area contributed by atoms with Crippen LogP contribution in [0.15, 0.2) is 47.4 Å². The molecule has 0 atom stereocenters. The third-order valence-electron chi connectivity index (χ3n) is 3.74. The molecule has 30 heavy (non-hydrogen) atoms. The molecule has 168 valence electrons. The summed E-state index contributed by atoms with van der Waals surface area (Å²) >= 11 is 0. The fraction of sp³-hybridized carbons (Fsp3) is 0.421. The Labute approximate surface area is 176 Å². The highest BCUT2D eigenvalue weighted by atomic mass is 32.2. The van der Waals surface area contributed by atoms with E-state index in [1.165, 1.54) is 0 Å². The van der Waals surface area contributed by atoms with Crippen molar-refractivity contribution in [3.63, 3.8) is 0 Å². The quantitative estimate of drug-likeness (QED) is 0.367. The standard InChI is InChI=1S/C15H25N3O3S.C4H4O4/c1-3-18(4-2)12-10-16-15(19)17-11-13-22(20,21)14-8-6-5-7-9-14;5-3(6)1-2-4(7)8/h5-9H,3-4,10-13H2,1-2H3,(H2,16,17,19);1-2H,(H,5,6)(H,7,8)/b;2-1-. The van der Waals surface area contributed by atoms with Crippen LogP contribution in [0.5, 0.6) is 0 Å². The molecule has 0 radical (unpaired) electrons. The van der Waals surface area contributed by atoms with Gasteiger partial charge < -0.3 is 25.7 Å². The molecule has 0 aliphatic heterocycles. The molecule has 1 aromatic carbocycles. The van der Waals surface area contributed by atoms with Crippen molar-refractivity contribution in [3.05, 3.63) is 42.5 Å². The zero-order valence-corrected chi connectivity index (χ0v) is 17.9. The number of likely N-dealkylation sites (N-methyl/N-ethyl adjacent to an activating group) is 1. The Balaban J connectivity index is 0.000000890. The van der Waals surface area contributed by atoms with E-state index < -0.39 is 21.8 Å². The summed E-state index contributed by atoms with van der Waals surface area (Å²) in [6.45, 7) is 7.43. The molecule has 0 heterocycles. The number of carboxylic acids is 2. The monoisotopic (exact) mass is 443 g/mol. The Morgan fingerprint density at radius 2 is 1.43 bits per heavy atom. The predicted octanol–water partition coefficient (Wildman–Crippen LogP) is 0.813. The lowest BCUT2D eigenvalue weighted by molar-refractivity contribution is -0.134. The number of carbonyl (C=O) groups is 3. The molecule has 0 aliphatic carbocycles. The van der Waals surface area contributed by atoms with E-state index in [-0.39, 0.29) is 23.2 Å². The van der Waals surface area contributed by atoms with E-state index in [1.54, 1.807) is 30.3 Å². The Hall–Kier alpha value is -2.92. The van der Waals surface area contributed by atoms with Crippen LogP contribution in [0.2, 0.25) is 0 Å². The van der Waals surface area contributed by atoms with Gasteiger partial charge in [0, 0.05) is 31.8 Å². The molecular weight excluding hydrogens is 414 g/mol. The van der Waals surface area contributed by atoms with Gasteiger partial charge >= 0.3 is 18.0 Å². The average molecular weight is 444 g/mol. The number of nitrogens with one attached hydrogen (secondary N) is 2. The van der Waals surface area contributed by atoms with Gasteiger partial charge in [0.15, 0.2) is 9.84 Å². The minimum absolute atomic E-state index is 0.0916. The third kappa shape index (κ3) is 13.3. The van der Waals surface area contributed by atoms with E-state index >= 15 is 0 Å². The summed E-state index contributed by atoms with van der Waals surface area (Å²) in [6, 6.07) is 7.90. The lowest BCUT2D eigenvalue weighted by Crippen LogP contribution is -2.41. The van der Waals surface area contributed by atoms with E-state index in [1.807, 2.05) is 0 Å². The number of benzene rings is 1. The van der Waals surface area contributed by atoms with E-state index in [4.69, 9.17) is 10.2 Å². The minimum atomic E-state index is -3.35. The fourth-order valence-electron chi connectivity index (χ4n) is 2.12. The van der Waals surface area contributed by atoms with Gasteiger partial charge in [0.05, 0.1) is 10.6 Å². The Morgan fingerprint density at radius 1 is 0.933 bits per heavy atom. The van der Waals surface area contributed by atoms with E-state index in [9.17, 15) is 22.8 Å². The van der Waals surface area contributed by atoms with Gasteiger partial charge in [-0.1, -0.05) is 32.0 Å². The maximum Gasteiger partial charge on any atom is 0.328 e. The van der Waals surface area contributed by atoms with Crippen LogP contribution in [-0.2, 0) is 19.4 Å². The maximum absolute atomic E-state index is 12.0. The van der Waals surface area contributed by atoms with Crippen LogP contribution in [0.1, 0.15) is 13.8 Å². The molecule has 1 rings (SSSR count).